The summed E-state index contributed by atoms with van der Waals surface area (Å²) in [5.74, 6) is 1.39. The lowest BCUT2D eigenvalue weighted by atomic mass is 9.83. The average molecular weight is 497 g/mol. The number of carbonyl (C=O) groups excluding carboxylic acids is 2. The van der Waals surface area contributed by atoms with Crippen molar-refractivity contribution >= 4 is 11.9 Å². The Morgan fingerprint density at radius 3 is 2.56 bits per heavy atom. The quantitative estimate of drug-likeness (QED) is 0.584. The lowest BCUT2D eigenvalue weighted by Gasteiger charge is -2.43. The summed E-state index contributed by atoms with van der Waals surface area (Å²) in [6.07, 6.45) is 1.59. The van der Waals surface area contributed by atoms with E-state index in [1.54, 1.807) is 31.3 Å². The lowest BCUT2D eigenvalue weighted by Crippen LogP contribution is -2.57. The number of rotatable bonds is 8. The average Bonchev–Trinajstić information content (AvgIpc) is 2.87. The molecule has 36 heavy (non-hydrogen) atoms. The number of urea groups is 1. The van der Waals surface area contributed by atoms with Gasteiger partial charge in [0.25, 0.3) is 5.56 Å². The van der Waals surface area contributed by atoms with Crippen molar-refractivity contribution in [2.75, 3.05) is 33.9 Å². The maximum atomic E-state index is 13.2. The number of pyridine rings is 1. The number of ether oxygens (including phenoxy) is 2. The molecule has 194 valence electrons. The van der Waals surface area contributed by atoms with Crippen LogP contribution in [0.4, 0.5) is 4.79 Å². The van der Waals surface area contributed by atoms with Gasteiger partial charge in [-0.1, -0.05) is 26.0 Å². The van der Waals surface area contributed by atoms with E-state index < -0.39 is 6.04 Å². The second kappa shape index (κ2) is 11.1. The Morgan fingerprint density at radius 1 is 1.06 bits per heavy atom. The number of hydrogen-bond acceptors (Lipinski definition) is 5. The highest BCUT2D eigenvalue weighted by Gasteiger charge is 2.37. The van der Waals surface area contributed by atoms with Gasteiger partial charge in [0.15, 0.2) is 11.5 Å². The maximum absolute atomic E-state index is 13.2. The fraction of sp³-hybridized carbons (Fsp3) is 0.519. The number of piperidine rings is 1. The highest BCUT2D eigenvalue weighted by molar-refractivity contribution is 5.87. The van der Waals surface area contributed by atoms with Gasteiger partial charge in [-0.15, -0.1) is 0 Å². The van der Waals surface area contributed by atoms with Gasteiger partial charge in [0.05, 0.1) is 14.2 Å². The molecule has 1 fully saturated rings. The largest absolute Gasteiger partial charge is 0.493 e. The minimum absolute atomic E-state index is 0.0183. The molecule has 0 saturated carbocycles. The highest BCUT2D eigenvalue weighted by atomic mass is 16.5. The number of nitrogens with one attached hydrogen (secondary N) is 2. The van der Waals surface area contributed by atoms with E-state index in [0.717, 1.165) is 17.7 Å². The van der Waals surface area contributed by atoms with E-state index in [9.17, 15) is 14.4 Å². The minimum Gasteiger partial charge on any atom is -0.493 e. The second-order valence-corrected chi connectivity index (χ2v) is 10.0. The van der Waals surface area contributed by atoms with E-state index in [4.69, 9.17) is 9.47 Å². The first kappa shape index (κ1) is 25.6. The molecule has 2 aromatic rings. The minimum atomic E-state index is -0.639. The Balaban J connectivity index is 1.34. The van der Waals surface area contributed by atoms with Crippen LogP contribution in [0.5, 0.6) is 11.5 Å². The lowest BCUT2D eigenvalue weighted by molar-refractivity contribution is -0.123. The van der Waals surface area contributed by atoms with Crippen molar-refractivity contribution in [2.24, 2.45) is 11.8 Å². The molecule has 4 rings (SSSR count). The van der Waals surface area contributed by atoms with Crippen LogP contribution in [0.1, 0.15) is 37.4 Å². The summed E-state index contributed by atoms with van der Waals surface area (Å²) in [5.41, 5.74) is 2.02. The fourth-order valence-electron chi connectivity index (χ4n) is 5.30. The molecule has 2 bridgehead atoms. The van der Waals surface area contributed by atoms with E-state index in [1.807, 2.05) is 42.7 Å². The topological polar surface area (TPSA) is 102 Å². The highest BCUT2D eigenvalue weighted by Crippen LogP contribution is 2.35. The standard InChI is InChI=1S/C27H36N4O5/c1-17(2)25(26(33)28-11-10-18-8-9-22(35-3)23(13-18)36-4)29-27(34)30-14-19-12-20(16-30)21-6-5-7-24(32)31(21)15-19/h5-9,13,17,19-20,25H,10-12,14-16H2,1-4H3,(H,28,33)(H,29,34)/t19?,20?,25-/m0/s1. The fourth-order valence-corrected chi connectivity index (χ4v) is 5.30. The number of hydrogen-bond donors (Lipinski definition) is 2. The van der Waals surface area contributed by atoms with Crippen LogP contribution in [-0.4, -0.2) is 61.3 Å². The molecule has 1 saturated heterocycles. The molecule has 1 aromatic heterocycles. The predicted molar refractivity (Wildman–Crippen MR) is 137 cm³/mol. The maximum Gasteiger partial charge on any atom is 0.318 e. The number of carbonyl (C=O) groups is 2. The van der Waals surface area contributed by atoms with Gasteiger partial charge < -0.3 is 29.6 Å². The molecule has 0 radical (unpaired) electrons. The summed E-state index contributed by atoms with van der Waals surface area (Å²) in [6, 6.07) is 10.2. The molecule has 2 aliphatic heterocycles. The number of likely N-dealkylation sites (tertiary alicyclic amines) is 1. The van der Waals surface area contributed by atoms with E-state index in [2.05, 4.69) is 10.6 Å². The third-order valence-electron chi connectivity index (χ3n) is 7.16. The molecule has 0 aliphatic carbocycles. The van der Waals surface area contributed by atoms with Gasteiger partial charge in [0.2, 0.25) is 5.91 Å². The summed E-state index contributed by atoms with van der Waals surface area (Å²) in [7, 11) is 3.18. The molecule has 2 aliphatic rings. The number of fused-ring (bicyclic) bond motifs is 4. The molecule has 3 heterocycles. The normalized spacial score (nSPS) is 19.3. The van der Waals surface area contributed by atoms with Crippen molar-refractivity contribution in [3.05, 3.63) is 58.0 Å². The first-order chi connectivity index (χ1) is 17.3. The number of amides is 3. The second-order valence-electron chi connectivity index (χ2n) is 10.0. The van der Waals surface area contributed by atoms with Crippen LogP contribution in [0.15, 0.2) is 41.2 Å². The molecular formula is C27H36N4O5. The van der Waals surface area contributed by atoms with E-state index >= 15 is 0 Å². The van der Waals surface area contributed by atoms with E-state index in [1.165, 1.54) is 0 Å². The van der Waals surface area contributed by atoms with E-state index in [-0.39, 0.29) is 35.3 Å². The van der Waals surface area contributed by atoms with Crippen LogP contribution in [0, 0.1) is 11.8 Å². The molecule has 3 atom stereocenters. The van der Waals surface area contributed by atoms with Gasteiger partial charge in [-0.05, 0) is 48.4 Å². The summed E-state index contributed by atoms with van der Waals surface area (Å²) in [6.45, 7) is 6.03. The Morgan fingerprint density at radius 2 is 1.83 bits per heavy atom. The summed E-state index contributed by atoms with van der Waals surface area (Å²) < 4.78 is 12.5. The van der Waals surface area contributed by atoms with Gasteiger partial charge in [-0.25, -0.2) is 4.79 Å². The molecule has 9 heteroatoms. The van der Waals surface area contributed by atoms with Gasteiger partial charge in [-0.3, -0.25) is 9.59 Å². The van der Waals surface area contributed by atoms with Crippen LogP contribution >= 0.6 is 0 Å². The van der Waals surface area contributed by atoms with Gasteiger partial charge >= 0.3 is 6.03 Å². The summed E-state index contributed by atoms with van der Waals surface area (Å²) in [4.78, 5) is 40.2. The van der Waals surface area contributed by atoms with E-state index in [0.29, 0.717) is 44.1 Å². The third kappa shape index (κ3) is 5.50. The van der Waals surface area contributed by atoms with Crippen molar-refractivity contribution in [3.63, 3.8) is 0 Å². The van der Waals surface area contributed by atoms with Gasteiger partial charge in [0.1, 0.15) is 6.04 Å². The van der Waals surface area contributed by atoms with Crippen molar-refractivity contribution in [1.29, 1.82) is 0 Å². The number of nitrogens with zero attached hydrogens (tertiary/aromatic N) is 2. The zero-order valence-corrected chi connectivity index (χ0v) is 21.5. The predicted octanol–water partition coefficient (Wildman–Crippen LogP) is 2.38. The first-order valence-corrected chi connectivity index (χ1v) is 12.5. The monoisotopic (exact) mass is 496 g/mol. The molecule has 2 N–H and O–H groups in total. The Hall–Kier alpha value is -3.49. The molecule has 9 nitrogen and oxygen atoms in total. The Labute approximate surface area is 211 Å². The Kier molecular flexibility index (Phi) is 7.86. The first-order valence-electron chi connectivity index (χ1n) is 12.5. The smallest absolute Gasteiger partial charge is 0.318 e. The van der Waals surface area contributed by atoms with Crippen LogP contribution < -0.4 is 25.7 Å². The molecule has 2 unspecified atom stereocenters. The van der Waals surface area contributed by atoms with Crippen LogP contribution in [0.25, 0.3) is 0 Å². The zero-order chi connectivity index (χ0) is 25.8. The molecule has 0 spiro atoms. The number of benzene rings is 1. The van der Waals surface area contributed by atoms with Crippen molar-refractivity contribution < 1.29 is 19.1 Å². The van der Waals surface area contributed by atoms with Crippen molar-refractivity contribution in [3.8, 4) is 11.5 Å². The summed E-state index contributed by atoms with van der Waals surface area (Å²) in [5, 5.41) is 5.93. The van der Waals surface area contributed by atoms with Gasteiger partial charge in [-0.2, -0.15) is 0 Å². The van der Waals surface area contributed by atoms with Crippen molar-refractivity contribution in [1.82, 2.24) is 20.1 Å². The third-order valence-corrected chi connectivity index (χ3v) is 7.16. The SMILES string of the molecule is COc1ccc(CCNC(=O)[C@@H](NC(=O)N2CC3CC(C2)c2cccc(=O)n2C3)C(C)C)cc1OC. The van der Waals surface area contributed by atoms with Gasteiger partial charge in [0, 0.05) is 43.9 Å². The van der Waals surface area contributed by atoms with Crippen LogP contribution in [0.2, 0.25) is 0 Å². The molecule has 3 amide bonds. The molecule has 1 aromatic carbocycles. The summed E-state index contributed by atoms with van der Waals surface area (Å²) >= 11 is 0. The zero-order valence-electron chi connectivity index (χ0n) is 21.5. The number of methoxy groups -OCH3 is 2. The number of aromatic nitrogens is 1. The molecular weight excluding hydrogens is 460 g/mol. The van der Waals surface area contributed by atoms with Crippen LogP contribution in [-0.2, 0) is 17.8 Å². The Bertz CT molecular complexity index is 1160. The van der Waals surface area contributed by atoms with Crippen molar-refractivity contribution in [2.45, 2.75) is 45.2 Å². The van der Waals surface area contributed by atoms with Crippen LogP contribution in [0.3, 0.4) is 0 Å².